The van der Waals surface area contributed by atoms with E-state index in [4.69, 9.17) is 4.74 Å². The van der Waals surface area contributed by atoms with Gasteiger partial charge in [-0.05, 0) is 31.4 Å². The molecule has 1 atom stereocenters. The fraction of sp³-hybridized carbons (Fsp3) is 0.400. The lowest BCUT2D eigenvalue weighted by molar-refractivity contribution is -0.148. The van der Waals surface area contributed by atoms with E-state index in [1.807, 2.05) is 6.08 Å². The fourth-order valence-electron chi connectivity index (χ4n) is 2.05. The highest BCUT2D eigenvalue weighted by atomic mass is 16.5. The Morgan fingerprint density at radius 3 is 2.80 bits per heavy atom. The Morgan fingerprint density at radius 1 is 1.30 bits per heavy atom. The van der Waals surface area contributed by atoms with Crippen molar-refractivity contribution in [2.24, 2.45) is 5.92 Å². The normalized spacial score (nSPS) is 17.5. The van der Waals surface area contributed by atoms with Crippen LogP contribution in [-0.4, -0.2) is 30.0 Å². The highest BCUT2D eigenvalue weighted by Crippen LogP contribution is 2.19. The molecule has 0 bridgehead atoms. The first-order valence-electron chi connectivity index (χ1n) is 6.77. The molecule has 0 radical (unpaired) electrons. The summed E-state index contributed by atoms with van der Waals surface area (Å²) < 4.78 is 5.17. The van der Waals surface area contributed by atoms with Gasteiger partial charge in [0.1, 0.15) is 6.61 Å². The smallest absolute Gasteiger partial charge is 0.309 e. The quantitative estimate of drug-likeness (QED) is 0.504. The van der Waals surface area contributed by atoms with Gasteiger partial charge in [0, 0.05) is 18.0 Å². The van der Waals surface area contributed by atoms with Crippen LogP contribution >= 0.6 is 0 Å². The molecule has 1 heterocycles. The molecule has 0 aromatic carbocycles. The number of aromatic nitrogens is 1. The van der Waals surface area contributed by atoms with Crippen LogP contribution in [-0.2, 0) is 9.53 Å². The minimum Gasteiger partial charge on any atom is -0.464 e. The van der Waals surface area contributed by atoms with E-state index in [9.17, 15) is 9.59 Å². The molecule has 0 saturated carbocycles. The third kappa shape index (κ3) is 4.19. The second-order valence-corrected chi connectivity index (χ2v) is 4.64. The van der Waals surface area contributed by atoms with Crippen molar-refractivity contribution < 1.29 is 14.3 Å². The number of hydrogen-bond acceptors (Lipinski definition) is 4. The van der Waals surface area contributed by atoms with E-state index in [1.165, 1.54) is 0 Å². The zero-order chi connectivity index (χ0) is 14.2. The van der Waals surface area contributed by atoms with E-state index < -0.39 is 0 Å². The van der Waals surface area contributed by atoms with Crippen molar-refractivity contribution in [3.05, 3.63) is 42.2 Å². The number of amides is 1. The van der Waals surface area contributed by atoms with Gasteiger partial charge in [-0.15, -0.1) is 0 Å². The maximum absolute atomic E-state index is 11.7. The van der Waals surface area contributed by atoms with Gasteiger partial charge in [-0.1, -0.05) is 12.2 Å². The molecule has 1 aromatic rings. The van der Waals surface area contributed by atoms with E-state index in [0.29, 0.717) is 12.1 Å². The highest BCUT2D eigenvalue weighted by Gasteiger charge is 2.19. The van der Waals surface area contributed by atoms with Crippen molar-refractivity contribution >= 4 is 11.9 Å². The van der Waals surface area contributed by atoms with Crippen LogP contribution in [0.5, 0.6) is 0 Å². The monoisotopic (exact) mass is 274 g/mol. The molecule has 2 rings (SSSR count). The summed E-state index contributed by atoms with van der Waals surface area (Å²) in [5.41, 5.74) is 0.545. The lowest BCUT2D eigenvalue weighted by Gasteiger charge is -2.16. The number of rotatable bonds is 5. The molecule has 1 unspecified atom stereocenters. The van der Waals surface area contributed by atoms with E-state index in [2.05, 4.69) is 16.4 Å². The van der Waals surface area contributed by atoms with Gasteiger partial charge in [0.25, 0.3) is 5.91 Å². The van der Waals surface area contributed by atoms with Crippen LogP contribution in [0.1, 0.15) is 29.6 Å². The van der Waals surface area contributed by atoms with E-state index in [1.54, 1.807) is 24.5 Å². The summed E-state index contributed by atoms with van der Waals surface area (Å²) in [6.45, 7) is 0.519. The highest BCUT2D eigenvalue weighted by molar-refractivity contribution is 5.93. The Labute approximate surface area is 118 Å². The second kappa shape index (κ2) is 7.43. The molecule has 5 heteroatoms. The third-order valence-corrected chi connectivity index (χ3v) is 3.18. The number of carbonyl (C=O) groups excluding carboxylic acids is 2. The lowest BCUT2D eigenvalue weighted by atomic mass is 9.95. The van der Waals surface area contributed by atoms with Gasteiger partial charge in [-0.3, -0.25) is 14.6 Å². The van der Waals surface area contributed by atoms with Gasteiger partial charge in [-0.2, -0.15) is 0 Å². The molecule has 0 aliphatic heterocycles. The third-order valence-electron chi connectivity index (χ3n) is 3.18. The minimum atomic E-state index is -0.191. The molecule has 0 fully saturated rings. The molecule has 1 aliphatic rings. The zero-order valence-electron chi connectivity index (χ0n) is 11.2. The predicted molar refractivity (Wildman–Crippen MR) is 74.0 cm³/mol. The van der Waals surface area contributed by atoms with Gasteiger partial charge in [0.05, 0.1) is 12.5 Å². The Morgan fingerprint density at radius 2 is 2.10 bits per heavy atom. The molecule has 106 valence electrons. The van der Waals surface area contributed by atoms with Gasteiger partial charge in [0.2, 0.25) is 0 Å². The average Bonchev–Trinajstić information content (AvgIpc) is 2.53. The number of allylic oxidation sites excluding steroid dienone is 2. The first kappa shape index (κ1) is 14.2. The standard InChI is InChI=1S/C15H18N2O3/c18-14(12-6-8-16-9-7-12)17-10-11-20-15(19)13-4-2-1-3-5-13/h1-2,6-9,13H,3-5,10-11H2,(H,17,18). The number of nitrogens with one attached hydrogen (secondary N) is 1. The first-order valence-corrected chi connectivity index (χ1v) is 6.77. The Bertz CT molecular complexity index is 485. The van der Waals surface area contributed by atoms with Crippen LogP contribution in [0.2, 0.25) is 0 Å². The summed E-state index contributed by atoms with van der Waals surface area (Å²) >= 11 is 0. The summed E-state index contributed by atoms with van der Waals surface area (Å²) in [6.07, 6.45) is 9.75. The minimum absolute atomic E-state index is 0.0316. The summed E-state index contributed by atoms with van der Waals surface area (Å²) in [6, 6.07) is 3.27. The predicted octanol–water partition coefficient (Wildman–Crippen LogP) is 1.71. The van der Waals surface area contributed by atoms with Gasteiger partial charge >= 0.3 is 5.97 Å². The molecule has 1 N–H and O–H groups in total. The van der Waals surface area contributed by atoms with E-state index in [0.717, 1.165) is 19.3 Å². The molecule has 1 amide bonds. The van der Waals surface area contributed by atoms with Crippen LogP contribution < -0.4 is 5.32 Å². The molecule has 0 spiro atoms. The van der Waals surface area contributed by atoms with Crippen LogP contribution in [0.15, 0.2) is 36.7 Å². The second-order valence-electron chi connectivity index (χ2n) is 4.64. The van der Waals surface area contributed by atoms with Crippen molar-refractivity contribution in [2.45, 2.75) is 19.3 Å². The largest absolute Gasteiger partial charge is 0.464 e. The van der Waals surface area contributed by atoms with Crippen LogP contribution in [0.3, 0.4) is 0 Å². The van der Waals surface area contributed by atoms with Crippen molar-refractivity contribution in [1.82, 2.24) is 10.3 Å². The van der Waals surface area contributed by atoms with Crippen LogP contribution in [0.25, 0.3) is 0 Å². The number of hydrogen-bond donors (Lipinski definition) is 1. The van der Waals surface area contributed by atoms with Crippen molar-refractivity contribution in [3.8, 4) is 0 Å². The maximum atomic E-state index is 11.7. The van der Waals surface area contributed by atoms with Gasteiger partial charge < -0.3 is 10.1 Å². The Hall–Kier alpha value is -2.17. The molecule has 1 aliphatic carbocycles. The first-order chi connectivity index (χ1) is 9.77. The SMILES string of the molecule is O=C(NCCOC(=O)C1CC=CCC1)c1ccncc1. The van der Waals surface area contributed by atoms with Crippen molar-refractivity contribution in [3.63, 3.8) is 0 Å². The molecule has 1 aromatic heterocycles. The lowest BCUT2D eigenvalue weighted by Crippen LogP contribution is -2.29. The summed E-state index contributed by atoms with van der Waals surface area (Å²) in [7, 11) is 0. The van der Waals surface area contributed by atoms with Crippen LogP contribution in [0, 0.1) is 5.92 Å². The van der Waals surface area contributed by atoms with E-state index in [-0.39, 0.29) is 24.4 Å². The molecular formula is C15H18N2O3. The Kier molecular flexibility index (Phi) is 5.29. The summed E-state index contributed by atoms with van der Waals surface area (Å²) in [4.78, 5) is 27.3. The van der Waals surface area contributed by atoms with Crippen molar-refractivity contribution in [2.75, 3.05) is 13.2 Å². The Balaban J connectivity index is 1.65. The zero-order valence-corrected chi connectivity index (χ0v) is 11.2. The van der Waals surface area contributed by atoms with E-state index >= 15 is 0 Å². The summed E-state index contributed by atoms with van der Waals surface area (Å²) in [5.74, 6) is -0.396. The number of ether oxygens (including phenoxy) is 1. The maximum Gasteiger partial charge on any atom is 0.309 e. The molecule has 5 nitrogen and oxygen atoms in total. The topological polar surface area (TPSA) is 68.3 Å². The number of nitrogens with zero attached hydrogens (tertiary/aromatic N) is 1. The van der Waals surface area contributed by atoms with Gasteiger partial charge in [-0.25, -0.2) is 0 Å². The molecule has 20 heavy (non-hydrogen) atoms. The number of esters is 1. The number of pyridine rings is 1. The number of carbonyl (C=O) groups is 2. The van der Waals surface area contributed by atoms with Gasteiger partial charge in [0.15, 0.2) is 0 Å². The molecule has 0 saturated heterocycles. The average molecular weight is 274 g/mol. The summed E-state index contributed by atoms with van der Waals surface area (Å²) in [5, 5.41) is 2.70. The fourth-order valence-corrected chi connectivity index (χ4v) is 2.05. The van der Waals surface area contributed by atoms with Crippen LogP contribution in [0.4, 0.5) is 0 Å². The van der Waals surface area contributed by atoms with Crippen molar-refractivity contribution in [1.29, 1.82) is 0 Å². The molecular weight excluding hydrogens is 256 g/mol.